The molecule has 0 aliphatic heterocycles. The smallest absolute Gasteiger partial charge is 0.277 e. The maximum atomic E-state index is 11.7. The minimum atomic E-state index is -0.318. The lowest BCUT2D eigenvalue weighted by atomic mass is 10.1. The summed E-state index contributed by atoms with van der Waals surface area (Å²) in [4.78, 5) is 11.7. The van der Waals surface area contributed by atoms with Crippen LogP contribution in [0.15, 0.2) is 47.6 Å². The van der Waals surface area contributed by atoms with E-state index in [0.29, 0.717) is 5.75 Å². The summed E-state index contributed by atoms with van der Waals surface area (Å²) in [7, 11) is 1.60. The van der Waals surface area contributed by atoms with Crippen LogP contribution >= 0.6 is 22.6 Å². The molecule has 23 heavy (non-hydrogen) atoms. The van der Waals surface area contributed by atoms with Gasteiger partial charge >= 0.3 is 0 Å². The van der Waals surface area contributed by atoms with E-state index in [2.05, 4.69) is 33.1 Å². The van der Waals surface area contributed by atoms with Crippen LogP contribution in [0.3, 0.4) is 0 Å². The highest BCUT2D eigenvalue weighted by atomic mass is 127. The number of benzene rings is 2. The van der Waals surface area contributed by atoms with Crippen molar-refractivity contribution in [2.45, 2.75) is 6.92 Å². The molecule has 0 radical (unpaired) electrons. The fraction of sp³-hybridized carbons (Fsp3) is 0.176. The molecule has 120 valence electrons. The van der Waals surface area contributed by atoms with Crippen molar-refractivity contribution in [2.75, 3.05) is 13.7 Å². The topological polar surface area (TPSA) is 59.9 Å². The van der Waals surface area contributed by atoms with Crippen LogP contribution in [0.1, 0.15) is 11.1 Å². The van der Waals surface area contributed by atoms with Gasteiger partial charge in [-0.25, -0.2) is 5.43 Å². The normalized spacial score (nSPS) is 10.6. The molecule has 5 nitrogen and oxygen atoms in total. The number of carbonyl (C=O) groups is 1. The van der Waals surface area contributed by atoms with Gasteiger partial charge in [0.2, 0.25) is 0 Å². The summed E-state index contributed by atoms with van der Waals surface area (Å²) in [5, 5.41) is 3.94. The quantitative estimate of drug-likeness (QED) is 0.441. The van der Waals surface area contributed by atoms with Gasteiger partial charge in [-0.2, -0.15) is 5.10 Å². The molecule has 0 aromatic heterocycles. The number of rotatable bonds is 6. The van der Waals surface area contributed by atoms with Gasteiger partial charge in [-0.1, -0.05) is 24.3 Å². The number of hydrogen-bond acceptors (Lipinski definition) is 4. The van der Waals surface area contributed by atoms with Crippen LogP contribution in [0.5, 0.6) is 11.5 Å². The average molecular weight is 424 g/mol. The summed E-state index contributed by atoms with van der Waals surface area (Å²) >= 11 is 2.13. The zero-order valence-electron chi connectivity index (χ0n) is 12.9. The van der Waals surface area contributed by atoms with Crippen molar-refractivity contribution >= 4 is 34.7 Å². The lowest BCUT2D eigenvalue weighted by Crippen LogP contribution is -2.24. The maximum Gasteiger partial charge on any atom is 0.277 e. The molecule has 0 unspecified atom stereocenters. The Morgan fingerprint density at radius 1 is 1.30 bits per heavy atom. The van der Waals surface area contributed by atoms with Crippen molar-refractivity contribution in [1.29, 1.82) is 0 Å². The zero-order valence-corrected chi connectivity index (χ0v) is 15.0. The number of amides is 1. The maximum absolute atomic E-state index is 11.7. The van der Waals surface area contributed by atoms with Crippen molar-refractivity contribution in [3.05, 3.63) is 57.2 Å². The summed E-state index contributed by atoms with van der Waals surface area (Å²) in [6.07, 6.45) is 1.62. The monoisotopic (exact) mass is 424 g/mol. The van der Waals surface area contributed by atoms with Crippen molar-refractivity contribution in [2.24, 2.45) is 5.10 Å². The first-order valence-electron chi connectivity index (χ1n) is 6.94. The molecule has 1 amide bonds. The predicted octanol–water partition coefficient (Wildman–Crippen LogP) is 3.14. The average Bonchev–Trinajstić information content (AvgIpc) is 2.55. The second-order valence-corrected chi connectivity index (χ2v) is 5.90. The first-order valence-corrected chi connectivity index (χ1v) is 8.02. The van der Waals surface area contributed by atoms with Gasteiger partial charge in [-0.3, -0.25) is 4.79 Å². The highest BCUT2D eigenvalue weighted by Gasteiger charge is 2.06. The van der Waals surface area contributed by atoms with E-state index in [0.717, 1.165) is 20.4 Å². The van der Waals surface area contributed by atoms with Crippen molar-refractivity contribution in [3.63, 3.8) is 0 Å². The van der Waals surface area contributed by atoms with E-state index in [1.54, 1.807) is 25.5 Å². The Morgan fingerprint density at radius 3 is 2.78 bits per heavy atom. The van der Waals surface area contributed by atoms with Crippen molar-refractivity contribution in [3.8, 4) is 11.5 Å². The van der Waals surface area contributed by atoms with Crippen LogP contribution in [0.4, 0.5) is 0 Å². The molecular formula is C17H17IN2O3. The van der Waals surface area contributed by atoms with Crippen molar-refractivity contribution in [1.82, 2.24) is 5.43 Å². The molecule has 1 N–H and O–H groups in total. The minimum Gasteiger partial charge on any atom is -0.497 e. The third-order valence-electron chi connectivity index (χ3n) is 3.08. The number of methoxy groups -OCH3 is 1. The third-order valence-corrected chi connectivity index (χ3v) is 3.92. The highest BCUT2D eigenvalue weighted by molar-refractivity contribution is 14.1. The highest BCUT2D eigenvalue weighted by Crippen LogP contribution is 2.25. The van der Waals surface area contributed by atoms with Crippen LogP contribution in [-0.4, -0.2) is 25.8 Å². The third kappa shape index (κ3) is 5.24. The number of nitrogens with zero attached hydrogens (tertiary/aromatic N) is 1. The van der Waals surface area contributed by atoms with Crippen LogP contribution in [0.2, 0.25) is 0 Å². The number of carbonyl (C=O) groups excluding carboxylic acids is 1. The Hall–Kier alpha value is -2.09. The Labute approximate surface area is 148 Å². The molecule has 0 fully saturated rings. The van der Waals surface area contributed by atoms with Gasteiger partial charge in [-0.15, -0.1) is 0 Å². The molecule has 2 rings (SSSR count). The van der Waals surface area contributed by atoms with Crippen LogP contribution in [0, 0.1) is 10.5 Å². The van der Waals surface area contributed by atoms with Gasteiger partial charge in [-0.05, 0) is 58.8 Å². The molecule has 0 saturated carbocycles. The van der Waals surface area contributed by atoms with Crippen LogP contribution in [0.25, 0.3) is 0 Å². The summed E-state index contributed by atoms with van der Waals surface area (Å²) in [5.74, 6) is 1.06. The fourth-order valence-electron chi connectivity index (χ4n) is 1.81. The van der Waals surface area contributed by atoms with E-state index in [1.807, 2.05) is 37.3 Å². The molecule has 2 aromatic carbocycles. The number of halogens is 1. The van der Waals surface area contributed by atoms with E-state index in [9.17, 15) is 4.79 Å². The van der Waals surface area contributed by atoms with E-state index in [4.69, 9.17) is 9.47 Å². The molecule has 0 spiro atoms. The van der Waals surface area contributed by atoms with E-state index in [1.165, 1.54) is 0 Å². The Kier molecular flexibility index (Phi) is 6.40. The van der Waals surface area contributed by atoms with Gasteiger partial charge in [0.05, 0.1) is 16.9 Å². The number of nitrogens with one attached hydrogen (secondary N) is 1. The number of hydrazone groups is 1. The van der Waals surface area contributed by atoms with Gasteiger partial charge in [0.25, 0.3) is 5.91 Å². The van der Waals surface area contributed by atoms with E-state index in [-0.39, 0.29) is 12.5 Å². The fourth-order valence-corrected chi connectivity index (χ4v) is 2.45. The Bertz CT molecular complexity index is 717. The molecule has 0 heterocycles. The SMILES string of the molecule is COc1ccc(OCC(=O)N/N=C/c2ccccc2C)c(I)c1. The number of hydrogen-bond donors (Lipinski definition) is 1. The Morgan fingerprint density at radius 2 is 2.09 bits per heavy atom. The molecular weight excluding hydrogens is 407 g/mol. The molecule has 6 heteroatoms. The molecule has 0 saturated heterocycles. The molecule has 0 aliphatic carbocycles. The molecule has 0 aliphatic rings. The minimum absolute atomic E-state index is 0.104. The number of aryl methyl sites for hydroxylation is 1. The second kappa shape index (κ2) is 8.52. The molecule has 0 bridgehead atoms. The summed E-state index contributed by atoms with van der Waals surface area (Å²) in [5.41, 5.74) is 4.50. The van der Waals surface area contributed by atoms with Gasteiger partial charge in [0.1, 0.15) is 11.5 Å². The zero-order chi connectivity index (χ0) is 16.7. The summed E-state index contributed by atoms with van der Waals surface area (Å²) < 4.78 is 11.5. The van der Waals surface area contributed by atoms with E-state index < -0.39 is 0 Å². The first kappa shape index (κ1) is 17.3. The van der Waals surface area contributed by atoms with Gasteiger partial charge < -0.3 is 9.47 Å². The largest absolute Gasteiger partial charge is 0.497 e. The lowest BCUT2D eigenvalue weighted by Gasteiger charge is -2.08. The van der Waals surface area contributed by atoms with Gasteiger partial charge in [0.15, 0.2) is 6.61 Å². The second-order valence-electron chi connectivity index (χ2n) is 4.73. The molecule has 0 atom stereocenters. The van der Waals surface area contributed by atoms with E-state index >= 15 is 0 Å². The van der Waals surface area contributed by atoms with Crippen LogP contribution in [-0.2, 0) is 4.79 Å². The molecule has 2 aromatic rings. The first-order chi connectivity index (χ1) is 11.1. The predicted molar refractivity (Wildman–Crippen MR) is 98.1 cm³/mol. The van der Waals surface area contributed by atoms with Gasteiger partial charge in [0, 0.05) is 0 Å². The number of ether oxygens (including phenoxy) is 2. The lowest BCUT2D eigenvalue weighted by molar-refractivity contribution is -0.123. The summed E-state index contributed by atoms with van der Waals surface area (Å²) in [6, 6.07) is 13.2. The standard InChI is InChI=1S/C17H17IN2O3/c1-12-5-3-4-6-13(12)10-19-20-17(21)11-23-16-8-7-14(22-2)9-15(16)18/h3-10H,11H2,1-2H3,(H,20,21)/b19-10+. The van der Waals surface area contributed by atoms with Crippen molar-refractivity contribution < 1.29 is 14.3 Å². The Balaban J connectivity index is 1.85. The summed E-state index contributed by atoms with van der Waals surface area (Å²) in [6.45, 7) is 1.88. The van der Waals surface area contributed by atoms with Crippen LogP contribution < -0.4 is 14.9 Å².